The molecule has 1 atom stereocenters. The maximum Gasteiger partial charge on any atom is 0.259 e. The topological polar surface area (TPSA) is 95.1 Å². The zero-order chi connectivity index (χ0) is 22.4. The van der Waals surface area contributed by atoms with Crippen molar-refractivity contribution in [2.45, 2.75) is 12.5 Å². The van der Waals surface area contributed by atoms with Crippen LogP contribution in [0.3, 0.4) is 0 Å². The number of fused-ring (bicyclic) bond motifs is 2. The van der Waals surface area contributed by atoms with Crippen molar-refractivity contribution in [2.75, 3.05) is 11.9 Å². The molecule has 162 valence electrons. The van der Waals surface area contributed by atoms with Crippen LogP contribution in [0.15, 0.2) is 53.5 Å². The van der Waals surface area contributed by atoms with Gasteiger partial charge in [-0.1, -0.05) is 35.3 Å². The fraction of sp³-hybridized carbons (Fsp3) is 0.174. The molecule has 0 saturated carbocycles. The predicted octanol–water partition coefficient (Wildman–Crippen LogP) is 4.31. The van der Waals surface area contributed by atoms with Gasteiger partial charge in [0.15, 0.2) is 0 Å². The average Bonchev–Trinajstić information content (AvgIpc) is 3.20. The Bertz CT molecular complexity index is 1400. The van der Waals surface area contributed by atoms with Gasteiger partial charge in [-0.15, -0.1) is 0 Å². The summed E-state index contributed by atoms with van der Waals surface area (Å²) in [6.45, 7) is 0.473. The molecule has 3 N–H and O–H groups in total. The van der Waals surface area contributed by atoms with Gasteiger partial charge in [0.25, 0.3) is 5.56 Å². The molecule has 2 aromatic heterocycles. The summed E-state index contributed by atoms with van der Waals surface area (Å²) in [5.74, 6) is 1.17. The molecule has 9 heteroatoms. The highest BCUT2D eigenvalue weighted by Crippen LogP contribution is 2.34. The predicted molar refractivity (Wildman–Crippen MR) is 127 cm³/mol. The number of benzene rings is 2. The second kappa shape index (κ2) is 8.09. The maximum absolute atomic E-state index is 13.1. The molecule has 0 saturated heterocycles. The minimum atomic E-state index is -0.254. The summed E-state index contributed by atoms with van der Waals surface area (Å²) in [6, 6.07) is 12.7. The average molecular weight is 468 g/mol. The first kappa shape index (κ1) is 20.8. The molecule has 2 aromatic carbocycles. The normalized spacial score (nSPS) is 14.9. The Morgan fingerprint density at radius 2 is 2.00 bits per heavy atom. The highest BCUT2D eigenvalue weighted by Gasteiger charge is 2.22. The Hall–Kier alpha value is -3.13. The van der Waals surface area contributed by atoms with E-state index in [0.717, 1.165) is 23.4 Å². The number of hydrogen-bond acceptors (Lipinski definition) is 6. The molecule has 1 aliphatic rings. The minimum Gasteiger partial charge on any atom is -0.488 e. The molecule has 0 radical (unpaired) electrons. The number of aryl methyl sites for hydroxylation is 1. The molecule has 1 aliphatic heterocycles. The van der Waals surface area contributed by atoms with Gasteiger partial charge >= 0.3 is 0 Å². The number of nitrogens with one attached hydrogen (secondary N) is 1. The lowest BCUT2D eigenvalue weighted by Gasteiger charge is -2.12. The van der Waals surface area contributed by atoms with Gasteiger partial charge in [-0.05, 0) is 29.8 Å². The van der Waals surface area contributed by atoms with Crippen LogP contribution in [0.5, 0.6) is 5.75 Å². The van der Waals surface area contributed by atoms with Crippen LogP contribution in [0.1, 0.15) is 5.56 Å². The SMILES string of the molecule is Cn1c(=O)c(-c2c(Cl)cccc2Cl)cc2cnc(Nc3ccc4c(c3)OC(CN)C4)nc21. The van der Waals surface area contributed by atoms with Crippen molar-refractivity contribution in [3.63, 3.8) is 0 Å². The molecule has 5 rings (SSSR count). The number of hydrogen-bond donors (Lipinski definition) is 2. The van der Waals surface area contributed by atoms with E-state index >= 15 is 0 Å². The monoisotopic (exact) mass is 467 g/mol. The van der Waals surface area contributed by atoms with Crippen LogP contribution in [0.25, 0.3) is 22.2 Å². The van der Waals surface area contributed by atoms with Crippen molar-refractivity contribution in [3.05, 3.63) is 74.6 Å². The van der Waals surface area contributed by atoms with E-state index in [0.29, 0.717) is 44.7 Å². The third kappa shape index (κ3) is 3.58. The minimum absolute atomic E-state index is 0.00695. The first-order chi connectivity index (χ1) is 15.4. The molecule has 7 nitrogen and oxygen atoms in total. The van der Waals surface area contributed by atoms with Crippen molar-refractivity contribution in [1.29, 1.82) is 0 Å². The Balaban J connectivity index is 1.52. The number of halogens is 2. The number of ether oxygens (including phenoxy) is 1. The number of nitrogens with zero attached hydrogens (tertiary/aromatic N) is 3. The van der Waals surface area contributed by atoms with E-state index in [1.807, 2.05) is 18.2 Å². The summed E-state index contributed by atoms with van der Waals surface area (Å²) < 4.78 is 7.31. The Kier molecular flexibility index (Phi) is 5.25. The van der Waals surface area contributed by atoms with Gasteiger partial charge < -0.3 is 15.8 Å². The smallest absolute Gasteiger partial charge is 0.259 e. The fourth-order valence-corrected chi connectivity index (χ4v) is 4.48. The van der Waals surface area contributed by atoms with Gasteiger partial charge in [0, 0.05) is 48.9 Å². The number of nitrogens with two attached hydrogens (primary N) is 1. The third-order valence-corrected chi connectivity index (χ3v) is 6.14. The van der Waals surface area contributed by atoms with Gasteiger partial charge in [0.05, 0.1) is 15.6 Å². The highest BCUT2D eigenvalue weighted by atomic mass is 35.5. The maximum atomic E-state index is 13.1. The van der Waals surface area contributed by atoms with E-state index in [4.69, 9.17) is 33.7 Å². The molecule has 0 spiro atoms. The molecular formula is C23H19Cl2N5O2. The van der Waals surface area contributed by atoms with Gasteiger partial charge in [-0.2, -0.15) is 4.98 Å². The zero-order valence-corrected chi connectivity index (χ0v) is 18.6. The Morgan fingerprint density at radius 3 is 2.75 bits per heavy atom. The van der Waals surface area contributed by atoms with Gasteiger partial charge in [-0.3, -0.25) is 9.36 Å². The lowest BCUT2D eigenvalue weighted by atomic mass is 10.1. The molecule has 0 fully saturated rings. The molecular weight excluding hydrogens is 449 g/mol. The van der Waals surface area contributed by atoms with E-state index in [1.165, 1.54) is 4.57 Å². The van der Waals surface area contributed by atoms with Gasteiger partial charge in [-0.25, -0.2) is 4.98 Å². The lowest BCUT2D eigenvalue weighted by molar-refractivity contribution is 0.241. The van der Waals surface area contributed by atoms with Crippen molar-refractivity contribution in [1.82, 2.24) is 14.5 Å². The van der Waals surface area contributed by atoms with Crippen LogP contribution >= 0.6 is 23.2 Å². The molecule has 0 aliphatic carbocycles. The van der Waals surface area contributed by atoms with Crippen molar-refractivity contribution >= 4 is 45.9 Å². The number of rotatable bonds is 4. The van der Waals surface area contributed by atoms with E-state index in [2.05, 4.69) is 15.3 Å². The van der Waals surface area contributed by atoms with E-state index in [-0.39, 0.29) is 11.7 Å². The molecule has 3 heterocycles. The first-order valence-electron chi connectivity index (χ1n) is 10.0. The van der Waals surface area contributed by atoms with Crippen LogP contribution in [-0.4, -0.2) is 27.2 Å². The van der Waals surface area contributed by atoms with Crippen LogP contribution in [-0.2, 0) is 13.5 Å². The molecule has 0 bridgehead atoms. The number of anilines is 2. The van der Waals surface area contributed by atoms with E-state index in [1.54, 1.807) is 37.5 Å². The summed E-state index contributed by atoms with van der Waals surface area (Å²) in [5.41, 5.74) is 8.74. The number of pyridine rings is 1. The summed E-state index contributed by atoms with van der Waals surface area (Å²) in [6.07, 6.45) is 2.47. The van der Waals surface area contributed by atoms with Crippen LogP contribution in [0, 0.1) is 0 Å². The zero-order valence-electron chi connectivity index (χ0n) is 17.1. The third-order valence-electron chi connectivity index (χ3n) is 5.51. The summed E-state index contributed by atoms with van der Waals surface area (Å²) in [5, 5.41) is 4.68. The van der Waals surface area contributed by atoms with Gasteiger partial charge in [0.2, 0.25) is 5.95 Å². The van der Waals surface area contributed by atoms with Crippen LogP contribution < -0.4 is 21.3 Å². The van der Waals surface area contributed by atoms with Crippen LogP contribution in [0.2, 0.25) is 10.0 Å². The van der Waals surface area contributed by atoms with E-state index in [9.17, 15) is 4.79 Å². The van der Waals surface area contributed by atoms with Crippen LogP contribution in [0.4, 0.5) is 11.6 Å². The molecule has 4 aromatic rings. The fourth-order valence-electron chi connectivity index (χ4n) is 3.88. The number of aromatic nitrogens is 3. The standard InChI is InChI=1S/C23H19Cl2N5O2/c1-30-21-13(8-16(22(30)31)20-17(24)3-2-4-18(20)25)11-27-23(29-21)28-14-6-5-12-7-15(10-26)32-19(12)9-14/h2-6,8-9,11,15H,7,10,26H2,1H3,(H,27,28,29). The largest absolute Gasteiger partial charge is 0.488 e. The summed E-state index contributed by atoms with van der Waals surface area (Å²) >= 11 is 12.6. The van der Waals surface area contributed by atoms with E-state index < -0.39 is 0 Å². The highest BCUT2D eigenvalue weighted by molar-refractivity contribution is 6.39. The molecule has 1 unspecified atom stereocenters. The Morgan fingerprint density at radius 1 is 1.22 bits per heavy atom. The second-order valence-corrected chi connectivity index (χ2v) is 8.43. The Labute approximate surface area is 193 Å². The molecule has 0 amide bonds. The van der Waals surface area contributed by atoms with Crippen molar-refractivity contribution < 1.29 is 4.74 Å². The quantitative estimate of drug-likeness (QED) is 0.464. The van der Waals surface area contributed by atoms with Gasteiger partial charge in [0.1, 0.15) is 17.5 Å². The second-order valence-electron chi connectivity index (χ2n) is 7.62. The lowest BCUT2D eigenvalue weighted by Crippen LogP contribution is -2.24. The molecule has 32 heavy (non-hydrogen) atoms. The summed E-state index contributed by atoms with van der Waals surface area (Å²) in [7, 11) is 1.66. The van der Waals surface area contributed by atoms with Crippen molar-refractivity contribution in [2.24, 2.45) is 12.8 Å². The first-order valence-corrected chi connectivity index (χ1v) is 10.8. The van der Waals surface area contributed by atoms with Crippen molar-refractivity contribution in [3.8, 4) is 16.9 Å². The summed E-state index contributed by atoms with van der Waals surface area (Å²) in [4.78, 5) is 22.0.